The van der Waals surface area contributed by atoms with Gasteiger partial charge in [-0.2, -0.15) is 0 Å². The van der Waals surface area contributed by atoms with Crippen LogP contribution in [-0.4, -0.2) is 12.1 Å². The maximum absolute atomic E-state index is 6.78. The van der Waals surface area contributed by atoms with Gasteiger partial charge >= 0.3 is 0 Å². The summed E-state index contributed by atoms with van der Waals surface area (Å²) in [6.07, 6.45) is 21.8. The van der Waals surface area contributed by atoms with Crippen molar-refractivity contribution in [2.24, 2.45) is 28.7 Å². The van der Waals surface area contributed by atoms with Crippen LogP contribution in [0.15, 0.2) is 0 Å². The van der Waals surface area contributed by atoms with E-state index in [9.17, 15) is 0 Å². The van der Waals surface area contributed by atoms with E-state index in [4.69, 9.17) is 11.5 Å². The van der Waals surface area contributed by atoms with Crippen molar-refractivity contribution in [1.82, 2.24) is 0 Å². The first-order valence-corrected chi connectivity index (χ1v) is 11.6. The molecule has 0 aromatic rings. The molecule has 2 atom stereocenters. The fraction of sp³-hybridized carbons (Fsp3) is 1.00. The largest absolute Gasteiger partial charge is 0.328 e. The molecule has 2 saturated carbocycles. The maximum Gasteiger partial charge on any atom is 0.00957 e. The SMILES string of the molecule is CCCCCC1(CCCCC)CC(CC2CCC(N)CC2)CCC1N. The summed E-state index contributed by atoms with van der Waals surface area (Å²) in [5.41, 5.74) is 13.3. The molecule has 2 aliphatic carbocycles. The van der Waals surface area contributed by atoms with Gasteiger partial charge in [0.1, 0.15) is 0 Å². The number of hydrogen-bond acceptors (Lipinski definition) is 2. The summed E-state index contributed by atoms with van der Waals surface area (Å²) in [4.78, 5) is 0. The summed E-state index contributed by atoms with van der Waals surface area (Å²) in [5.74, 6) is 1.88. The molecule has 0 aliphatic heterocycles. The molecule has 148 valence electrons. The minimum Gasteiger partial charge on any atom is -0.328 e. The first-order chi connectivity index (χ1) is 12.1. The Kier molecular flexibility index (Phi) is 9.27. The molecule has 0 amide bonds. The third-order valence-electron chi connectivity index (χ3n) is 7.48. The Balaban J connectivity index is 1.94. The van der Waals surface area contributed by atoms with E-state index in [2.05, 4.69) is 13.8 Å². The van der Waals surface area contributed by atoms with Crippen molar-refractivity contribution in [3.05, 3.63) is 0 Å². The van der Waals surface area contributed by atoms with Gasteiger partial charge in [-0.3, -0.25) is 0 Å². The topological polar surface area (TPSA) is 52.0 Å². The van der Waals surface area contributed by atoms with Gasteiger partial charge in [0.05, 0.1) is 0 Å². The Morgan fingerprint density at radius 1 is 0.720 bits per heavy atom. The quantitative estimate of drug-likeness (QED) is 0.463. The molecule has 4 N–H and O–H groups in total. The second-order valence-corrected chi connectivity index (χ2v) is 9.55. The van der Waals surface area contributed by atoms with Crippen molar-refractivity contribution in [3.8, 4) is 0 Å². The van der Waals surface area contributed by atoms with Crippen molar-refractivity contribution in [3.63, 3.8) is 0 Å². The van der Waals surface area contributed by atoms with E-state index in [-0.39, 0.29) is 0 Å². The Morgan fingerprint density at radius 2 is 1.28 bits per heavy atom. The summed E-state index contributed by atoms with van der Waals surface area (Å²) >= 11 is 0. The Labute approximate surface area is 157 Å². The molecule has 2 aliphatic rings. The van der Waals surface area contributed by atoms with E-state index in [1.54, 1.807) is 0 Å². The maximum atomic E-state index is 6.78. The summed E-state index contributed by atoms with van der Waals surface area (Å²) in [5, 5.41) is 0. The van der Waals surface area contributed by atoms with Crippen LogP contribution < -0.4 is 11.5 Å². The Hall–Kier alpha value is -0.0800. The summed E-state index contributed by atoms with van der Waals surface area (Å²) < 4.78 is 0. The lowest BCUT2D eigenvalue weighted by atomic mass is 9.60. The zero-order valence-electron chi connectivity index (χ0n) is 17.3. The molecule has 2 fully saturated rings. The van der Waals surface area contributed by atoms with Crippen LogP contribution in [-0.2, 0) is 0 Å². The van der Waals surface area contributed by atoms with Crippen molar-refractivity contribution in [2.45, 2.75) is 129 Å². The average Bonchev–Trinajstić information content (AvgIpc) is 2.61. The number of unbranched alkanes of at least 4 members (excludes halogenated alkanes) is 4. The number of rotatable bonds is 10. The molecular weight excluding hydrogens is 304 g/mol. The van der Waals surface area contributed by atoms with Crippen molar-refractivity contribution in [2.75, 3.05) is 0 Å². The van der Waals surface area contributed by atoms with Gasteiger partial charge in [-0.05, 0) is 81.5 Å². The number of hydrogen-bond donors (Lipinski definition) is 2. The molecule has 0 spiro atoms. The second-order valence-electron chi connectivity index (χ2n) is 9.55. The molecule has 0 radical (unpaired) electrons. The predicted octanol–water partition coefficient (Wildman–Crippen LogP) is 6.17. The zero-order valence-corrected chi connectivity index (χ0v) is 17.3. The summed E-state index contributed by atoms with van der Waals surface area (Å²) in [7, 11) is 0. The smallest absolute Gasteiger partial charge is 0.00957 e. The van der Waals surface area contributed by atoms with Crippen molar-refractivity contribution < 1.29 is 0 Å². The molecule has 2 nitrogen and oxygen atoms in total. The van der Waals surface area contributed by atoms with Crippen LogP contribution in [0, 0.1) is 17.3 Å². The summed E-state index contributed by atoms with van der Waals surface area (Å²) in [6, 6.07) is 0.940. The third-order valence-corrected chi connectivity index (χ3v) is 7.48. The molecule has 2 heteroatoms. The van der Waals surface area contributed by atoms with Crippen molar-refractivity contribution >= 4 is 0 Å². The van der Waals surface area contributed by atoms with Gasteiger partial charge in [-0.15, -0.1) is 0 Å². The molecule has 0 aromatic heterocycles. The highest BCUT2D eigenvalue weighted by molar-refractivity contribution is 4.95. The highest BCUT2D eigenvalue weighted by Crippen LogP contribution is 2.48. The normalized spacial score (nSPS) is 32.6. The van der Waals surface area contributed by atoms with Crippen LogP contribution in [0.1, 0.15) is 117 Å². The van der Waals surface area contributed by atoms with Gasteiger partial charge in [0, 0.05) is 12.1 Å². The van der Waals surface area contributed by atoms with Gasteiger partial charge in [-0.25, -0.2) is 0 Å². The highest BCUT2D eigenvalue weighted by Gasteiger charge is 2.41. The standard InChI is InChI=1S/C23H46N2/c1-3-5-7-15-23(16-8-6-4-2)18-20(11-14-22(23)25)17-19-9-12-21(24)13-10-19/h19-22H,3-18,24-25H2,1-2H3. The van der Waals surface area contributed by atoms with Gasteiger partial charge in [0.15, 0.2) is 0 Å². The van der Waals surface area contributed by atoms with Crippen LogP contribution in [0.3, 0.4) is 0 Å². The van der Waals surface area contributed by atoms with E-state index >= 15 is 0 Å². The fourth-order valence-electron chi connectivity index (χ4n) is 5.80. The highest BCUT2D eigenvalue weighted by atomic mass is 14.7. The minimum absolute atomic E-state index is 0.456. The van der Waals surface area contributed by atoms with E-state index < -0.39 is 0 Å². The van der Waals surface area contributed by atoms with E-state index in [0.29, 0.717) is 17.5 Å². The lowest BCUT2D eigenvalue weighted by molar-refractivity contribution is 0.0657. The van der Waals surface area contributed by atoms with Crippen LogP contribution in [0.2, 0.25) is 0 Å². The monoisotopic (exact) mass is 350 g/mol. The molecule has 0 heterocycles. The molecule has 0 bridgehead atoms. The first kappa shape index (κ1) is 21.2. The lowest BCUT2D eigenvalue weighted by Gasteiger charge is -2.47. The Bertz CT molecular complexity index is 336. The average molecular weight is 351 g/mol. The second kappa shape index (κ2) is 10.9. The molecule has 25 heavy (non-hydrogen) atoms. The van der Waals surface area contributed by atoms with Gasteiger partial charge in [0.25, 0.3) is 0 Å². The third kappa shape index (κ3) is 6.54. The van der Waals surface area contributed by atoms with Crippen molar-refractivity contribution in [1.29, 1.82) is 0 Å². The van der Waals surface area contributed by atoms with E-state index in [1.807, 2.05) is 0 Å². The number of nitrogens with two attached hydrogens (primary N) is 2. The van der Waals surface area contributed by atoms with Gasteiger partial charge in [0.2, 0.25) is 0 Å². The minimum atomic E-state index is 0.456. The van der Waals surface area contributed by atoms with Crippen LogP contribution in [0.25, 0.3) is 0 Å². The van der Waals surface area contributed by atoms with Crippen LogP contribution >= 0.6 is 0 Å². The van der Waals surface area contributed by atoms with Crippen LogP contribution in [0.5, 0.6) is 0 Å². The fourth-order valence-corrected chi connectivity index (χ4v) is 5.80. The molecular formula is C23H46N2. The van der Waals surface area contributed by atoms with Gasteiger partial charge < -0.3 is 11.5 Å². The van der Waals surface area contributed by atoms with E-state index in [1.165, 1.54) is 103 Å². The van der Waals surface area contributed by atoms with E-state index in [0.717, 1.165) is 11.8 Å². The predicted molar refractivity (Wildman–Crippen MR) is 111 cm³/mol. The lowest BCUT2D eigenvalue weighted by Crippen LogP contribution is -2.47. The van der Waals surface area contributed by atoms with Crippen LogP contribution in [0.4, 0.5) is 0 Å². The molecule has 2 unspecified atom stereocenters. The zero-order chi connectivity index (χ0) is 18.1. The molecule has 0 aromatic carbocycles. The van der Waals surface area contributed by atoms with Gasteiger partial charge in [-0.1, -0.05) is 52.4 Å². The molecule has 0 saturated heterocycles. The summed E-state index contributed by atoms with van der Waals surface area (Å²) in [6.45, 7) is 4.64. The Morgan fingerprint density at radius 3 is 1.84 bits per heavy atom. The first-order valence-electron chi connectivity index (χ1n) is 11.6. The molecule has 2 rings (SSSR count).